The number of hydrogen-bond donors (Lipinski definition) is 1. The molecule has 1 aromatic heterocycles. The lowest BCUT2D eigenvalue weighted by atomic mass is 10.1. The first-order valence-electron chi connectivity index (χ1n) is 6.63. The highest BCUT2D eigenvalue weighted by molar-refractivity contribution is 8.00. The molecule has 0 bridgehead atoms. The third kappa shape index (κ3) is 3.18. The summed E-state index contributed by atoms with van der Waals surface area (Å²) in [6.07, 6.45) is 2.05. The van der Waals surface area contributed by atoms with Crippen LogP contribution < -0.4 is 5.32 Å². The van der Waals surface area contributed by atoms with E-state index in [1.54, 1.807) is 23.1 Å². The highest BCUT2D eigenvalue weighted by Crippen LogP contribution is 2.31. The SMILES string of the molecule is CSc1nc2ccc(NC(C)c3ccccc3Cl)cc2s1. The van der Waals surface area contributed by atoms with Crippen molar-refractivity contribution in [3.8, 4) is 0 Å². The molecule has 0 fully saturated rings. The van der Waals surface area contributed by atoms with Crippen LogP contribution in [0.1, 0.15) is 18.5 Å². The Morgan fingerprint density at radius 2 is 2.05 bits per heavy atom. The Bertz CT molecular complexity index is 770. The van der Waals surface area contributed by atoms with Crippen LogP contribution in [0, 0.1) is 0 Å². The Morgan fingerprint density at radius 3 is 2.81 bits per heavy atom. The number of nitrogens with zero attached hydrogens (tertiary/aromatic N) is 1. The van der Waals surface area contributed by atoms with Crippen LogP contribution in [0.15, 0.2) is 46.8 Å². The quantitative estimate of drug-likeness (QED) is 0.606. The third-order valence-corrected chi connectivity index (χ3v) is 5.65. The number of thiazole rings is 1. The Balaban J connectivity index is 1.86. The van der Waals surface area contributed by atoms with Gasteiger partial charge in [0, 0.05) is 16.8 Å². The summed E-state index contributed by atoms with van der Waals surface area (Å²) in [4.78, 5) is 4.56. The predicted molar refractivity (Wildman–Crippen MR) is 94.9 cm³/mol. The standard InChI is InChI=1S/C16H15ClN2S2/c1-10(12-5-3-4-6-13(12)17)18-11-7-8-14-15(9-11)21-16(19-14)20-2/h3-10,18H,1-2H3. The van der Waals surface area contributed by atoms with E-state index in [2.05, 4.69) is 47.7 Å². The summed E-state index contributed by atoms with van der Waals surface area (Å²) in [7, 11) is 0. The number of aromatic nitrogens is 1. The second-order valence-corrected chi connectivity index (χ2v) is 7.25. The summed E-state index contributed by atoms with van der Waals surface area (Å²) < 4.78 is 2.30. The second kappa shape index (κ2) is 6.26. The fraction of sp³-hybridized carbons (Fsp3) is 0.188. The van der Waals surface area contributed by atoms with Crippen molar-refractivity contribution >= 4 is 50.6 Å². The van der Waals surface area contributed by atoms with E-state index in [-0.39, 0.29) is 6.04 Å². The van der Waals surface area contributed by atoms with Gasteiger partial charge in [0.1, 0.15) is 0 Å². The van der Waals surface area contributed by atoms with E-state index in [1.165, 1.54) is 4.70 Å². The van der Waals surface area contributed by atoms with Gasteiger partial charge >= 0.3 is 0 Å². The van der Waals surface area contributed by atoms with Crippen molar-refractivity contribution in [2.45, 2.75) is 17.3 Å². The van der Waals surface area contributed by atoms with E-state index in [0.717, 1.165) is 26.1 Å². The molecule has 2 nitrogen and oxygen atoms in total. The number of fused-ring (bicyclic) bond motifs is 1. The van der Waals surface area contributed by atoms with Crippen molar-refractivity contribution in [2.75, 3.05) is 11.6 Å². The second-order valence-electron chi connectivity index (χ2n) is 4.75. The minimum Gasteiger partial charge on any atom is -0.378 e. The molecule has 0 radical (unpaired) electrons. The highest BCUT2D eigenvalue weighted by atomic mass is 35.5. The van der Waals surface area contributed by atoms with Gasteiger partial charge < -0.3 is 5.32 Å². The van der Waals surface area contributed by atoms with Crippen LogP contribution in [0.3, 0.4) is 0 Å². The molecule has 1 atom stereocenters. The molecule has 5 heteroatoms. The van der Waals surface area contributed by atoms with Crippen molar-refractivity contribution in [2.24, 2.45) is 0 Å². The van der Waals surface area contributed by atoms with Gasteiger partial charge in [0.15, 0.2) is 4.34 Å². The molecular formula is C16H15ClN2S2. The van der Waals surface area contributed by atoms with E-state index in [1.807, 2.05) is 18.2 Å². The molecular weight excluding hydrogens is 320 g/mol. The van der Waals surface area contributed by atoms with Crippen LogP contribution in [0.4, 0.5) is 5.69 Å². The van der Waals surface area contributed by atoms with Gasteiger partial charge in [0.25, 0.3) is 0 Å². The minimum atomic E-state index is 0.157. The van der Waals surface area contributed by atoms with E-state index in [0.29, 0.717) is 0 Å². The Kier molecular flexibility index (Phi) is 4.38. The summed E-state index contributed by atoms with van der Waals surface area (Å²) in [5.74, 6) is 0. The molecule has 0 amide bonds. The molecule has 0 aliphatic heterocycles. The van der Waals surface area contributed by atoms with Gasteiger partial charge in [-0.15, -0.1) is 11.3 Å². The molecule has 0 spiro atoms. The van der Waals surface area contributed by atoms with Gasteiger partial charge in [-0.25, -0.2) is 4.98 Å². The molecule has 1 N–H and O–H groups in total. The van der Waals surface area contributed by atoms with Gasteiger partial charge in [-0.2, -0.15) is 0 Å². The molecule has 0 aliphatic rings. The van der Waals surface area contributed by atoms with E-state index in [9.17, 15) is 0 Å². The summed E-state index contributed by atoms with van der Waals surface area (Å²) in [6.45, 7) is 2.12. The zero-order valence-corrected chi connectivity index (χ0v) is 14.1. The van der Waals surface area contributed by atoms with Crippen molar-refractivity contribution in [1.29, 1.82) is 0 Å². The van der Waals surface area contributed by atoms with Crippen molar-refractivity contribution in [3.05, 3.63) is 53.1 Å². The van der Waals surface area contributed by atoms with Crippen LogP contribution in [0.25, 0.3) is 10.2 Å². The van der Waals surface area contributed by atoms with Crippen LogP contribution in [0.2, 0.25) is 5.02 Å². The maximum Gasteiger partial charge on any atom is 0.150 e. The zero-order chi connectivity index (χ0) is 14.8. The van der Waals surface area contributed by atoms with Crippen molar-refractivity contribution < 1.29 is 0 Å². The lowest BCUT2D eigenvalue weighted by Gasteiger charge is -2.17. The van der Waals surface area contributed by atoms with Gasteiger partial charge in [-0.1, -0.05) is 41.6 Å². The summed E-state index contributed by atoms with van der Waals surface area (Å²) in [5.41, 5.74) is 3.25. The molecule has 2 aromatic carbocycles. The van der Waals surface area contributed by atoms with Gasteiger partial charge in [0.05, 0.1) is 10.2 Å². The number of thioether (sulfide) groups is 1. The van der Waals surface area contributed by atoms with Crippen LogP contribution in [-0.4, -0.2) is 11.2 Å². The number of benzene rings is 2. The Morgan fingerprint density at radius 1 is 1.24 bits per heavy atom. The van der Waals surface area contributed by atoms with Crippen molar-refractivity contribution in [3.63, 3.8) is 0 Å². The molecule has 108 valence electrons. The summed E-state index contributed by atoms with van der Waals surface area (Å²) >= 11 is 9.66. The molecule has 0 saturated heterocycles. The lowest BCUT2D eigenvalue weighted by Crippen LogP contribution is -2.06. The molecule has 3 rings (SSSR count). The fourth-order valence-electron chi connectivity index (χ4n) is 2.23. The minimum absolute atomic E-state index is 0.157. The van der Waals surface area contributed by atoms with Crippen LogP contribution >= 0.6 is 34.7 Å². The molecule has 21 heavy (non-hydrogen) atoms. The number of halogens is 1. The first-order valence-corrected chi connectivity index (χ1v) is 9.05. The molecule has 1 heterocycles. The zero-order valence-electron chi connectivity index (χ0n) is 11.8. The normalized spacial score (nSPS) is 12.5. The van der Waals surface area contributed by atoms with Gasteiger partial charge in [-0.05, 0) is 43.0 Å². The third-order valence-electron chi connectivity index (χ3n) is 3.30. The smallest absolute Gasteiger partial charge is 0.150 e. The predicted octanol–water partition coefficient (Wildman–Crippen LogP) is 5.84. The number of anilines is 1. The van der Waals surface area contributed by atoms with Crippen molar-refractivity contribution in [1.82, 2.24) is 4.98 Å². The number of hydrogen-bond acceptors (Lipinski definition) is 4. The van der Waals surface area contributed by atoms with E-state index < -0.39 is 0 Å². The summed E-state index contributed by atoms with van der Waals surface area (Å²) in [6, 6.07) is 14.4. The fourth-order valence-corrected chi connectivity index (χ4v) is 4.06. The maximum absolute atomic E-state index is 6.25. The molecule has 1 unspecified atom stereocenters. The highest BCUT2D eigenvalue weighted by Gasteiger charge is 2.10. The summed E-state index contributed by atoms with van der Waals surface area (Å²) in [5, 5.41) is 4.30. The number of nitrogens with one attached hydrogen (secondary N) is 1. The van der Waals surface area contributed by atoms with Crippen LogP contribution in [0.5, 0.6) is 0 Å². The average molecular weight is 335 g/mol. The van der Waals surface area contributed by atoms with Gasteiger partial charge in [0.2, 0.25) is 0 Å². The largest absolute Gasteiger partial charge is 0.378 e. The van der Waals surface area contributed by atoms with E-state index in [4.69, 9.17) is 11.6 Å². The monoisotopic (exact) mass is 334 g/mol. The topological polar surface area (TPSA) is 24.9 Å². The Labute approximate surface area is 137 Å². The lowest BCUT2D eigenvalue weighted by molar-refractivity contribution is 0.885. The average Bonchev–Trinajstić information content (AvgIpc) is 2.90. The van der Waals surface area contributed by atoms with E-state index >= 15 is 0 Å². The molecule has 0 saturated carbocycles. The Hall–Kier alpha value is -1.23. The first kappa shape index (κ1) is 14.7. The van der Waals surface area contributed by atoms with Crippen LogP contribution in [-0.2, 0) is 0 Å². The first-order chi connectivity index (χ1) is 10.2. The van der Waals surface area contributed by atoms with Gasteiger partial charge in [-0.3, -0.25) is 0 Å². The maximum atomic E-state index is 6.25. The molecule has 0 aliphatic carbocycles. The number of rotatable bonds is 4. The molecule has 3 aromatic rings.